The summed E-state index contributed by atoms with van der Waals surface area (Å²) in [6, 6.07) is 1.33. The Labute approximate surface area is 86.9 Å². The van der Waals surface area contributed by atoms with Gasteiger partial charge < -0.3 is 0 Å². The van der Waals surface area contributed by atoms with Crippen LogP contribution in [0.15, 0.2) is 16.7 Å². The summed E-state index contributed by atoms with van der Waals surface area (Å²) in [5, 5.41) is 3.98. The molecule has 0 aliphatic rings. The van der Waals surface area contributed by atoms with Gasteiger partial charge in [-0.3, -0.25) is 0 Å². The number of aryl methyl sites for hydroxylation is 1. The van der Waals surface area contributed by atoms with E-state index >= 15 is 0 Å². The van der Waals surface area contributed by atoms with Crippen LogP contribution in [0, 0.1) is 6.92 Å². The van der Waals surface area contributed by atoms with Crippen LogP contribution in [-0.2, 0) is 0 Å². The fourth-order valence-electron chi connectivity index (χ4n) is 1.22. The highest BCUT2D eigenvalue weighted by atomic mass is 79.9. The molecule has 0 radical (unpaired) electrons. The van der Waals surface area contributed by atoms with E-state index in [1.165, 1.54) is 16.8 Å². The molecule has 3 nitrogen and oxygen atoms in total. The molecule has 0 fully saturated rings. The van der Waals surface area contributed by atoms with Crippen LogP contribution < -0.4 is 0 Å². The van der Waals surface area contributed by atoms with Crippen molar-refractivity contribution < 1.29 is 8.78 Å². The van der Waals surface area contributed by atoms with Crippen LogP contribution in [0.2, 0.25) is 0 Å². The van der Waals surface area contributed by atoms with Crippen molar-refractivity contribution in [3.05, 3.63) is 28.1 Å². The predicted octanol–water partition coefficient (Wildman–Crippen LogP) is 2.74. The maximum absolute atomic E-state index is 12.4. The molecule has 0 N–H and O–H groups in total. The second-order valence-electron chi connectivity index (χ2n) is 2.85. The Bertz CT molecular complexity index is 481. The molecule has 6 heteroatoms. The molecule has 0 aromatic carbocycles. The van der Waals surface area contributed by atoms with Gasteiger partial charge in [-0.2, -0.15) is 5.10 Å². The lowest BCUT2D eigenvalue weighted by Gasteiger charge is -2.03. The van der Waals surface area contributed by atoms with E-state index in [4.69, 9.17) is 0 Å². The van der Waals surface area contributed by atoms with Crippen molar-refractivity contribution in [1.82, 2.24) is 14.6 Å². The molecule has 2 aromatic rings. The number of aromatic nitrogens is 3. The topological polar surface area (TPSA) is 30.2 Å². The van der Waals surface area contributed by atoms with Crippen molar-refractivity contribution in [2.75, 3.05) is 0 Å². The van der Waals surface area contributed by atoms with Crippen molar-refractivity contribution in [3.8, 4) is 0 Å². The average molecular weight is 262 g/mol. The number of hydrogen-bond acceptors (Lipinski definition) is 2. The zero-order chi connectivity index (χ0) is 10.3. The maximum Gasteiger partial charge on any atom is 0.280 e. The Hall–Kier alpha value is -1.04. The van der Waals surface area contributed by atoms with E-state index in [1.807, 2.05) is 0 Å². The first-order valence-electron chi connectivity index (χ1n) is 3.88. The first kappa shape index (κ1) is 9.51. The standard InChI is InChI=1S/C8H6BrF2N3/c1-4-2-6(7(10)11)13-8-5(9)3-12-14(4)8/h2-3,7H,1H3. The minimum atomic E-state index is -2.56. The van der Waals surface area contributed by atoms with E-state index in [1.54, 1.807) is 6.92 Å². The molecule has 2 heterocycles. The third-order valence-corrected chi connectivity index (χ3v) is 2.41. The molecule has 0 aliphatic carbocycles. The molecule has 0 unspecified atom stereocenters. The fraction of sp³-hybridized carbons (Fsp3) is 0.250. The van der Waals surface area contributed by atoms with Gasteiger partial charge in [0.1, 0.15) is 5.69 Å². The Morgan fingerprint density at radius 2 is 2.21 bits per heavy atom. The molecular formula is C8H6BrF2N3. The van der Waals surface area contributed by atoms with Crippen LogP contribution in [0.4, 0.5) is 8.78 Å². The molecule has 74 valence electrons. The van der Waals surface area contributed by atoms with Gasteiger partial charge in [0.2, 0.25) is 0 Å². The second-order valence-corrected chi connectivity index (χ2v) is 3.71. The lowest BCUT2D eigenvalue weighted by Crippen LogP contribution is -2.00. The smallest absolute Gasteiger partial charge is 0.226 e. The summed E-state index contributed by atoms with van der Waals surface area (Å²) in [4.78, 5) is 3.80. The van der Waals surface area contributed by atoms with Gasteiger partial charge >= 0.3 is 0 Å². The molecule has 0 bridgehead atoms. The van der Waals surface area contributed by atoms with Gasteiger partial charge in [-0.25, -0.2) is 18.3 Å². The molecule has 0 aliphatic heterocycles. The molecule has 0 saturated heterocycles. The van der Waals surface area contributed by atoms with Crippen LogP contribution in [0.3, 0.4) is 0 Å². The summed E-state index contributed by atoms with van der Waals surface area (Å²) in [6.07, 6.45) is -1.02. The van der Waals surface area contributed by atoms with Gasteiger partial charge in [0, 0.05) is 5.69 Å². The van der Waals surface area contributed by atoms with E-state index in [-0.39, 0.29) is 5.69 Å². The summed E-state index contributed by atoms with van der Waals surface area (Å²) >= 11 is 3.19. The van der Waals surface area contributed by atoms with E-state index in [2.05, 4.69) is 26.0 Å². The van der Waals surface area contributed by atoms with E-state index in [0.29, 0.717) is 15.8 Å². The molecule has 0 amide bonds. The fourth-order valence-corrected chi connectivity index (χ4v) is 1.57. The van der Waals surface area contributed by atoms with Crippen LogP contribution in [0.5, 0.6) is 0 Å². The van der Waals surface area contributed by atoms with Crippen molar-refractivity contribution in [3.63, 3.8) is 0 Å². The average Bonchev–Trinajstić information content (AvgIpc) is 2.48. The van der Waals surface area contributed by atoms with Gasteiger partial charge in [0.05, 0.1) is 10.7 Å². The van der Waals surface area contributed by atoms with Gasteiger partial charge in [-0.05, 0) is 28.9 Å². The first-order valence-corrected chi connectivity index (χ1v) is 4.68. The van der Waals surface area contributed by atoms with Gasteiger partial charge in [-0.15, -0.1) is 0 Å². The SMILES string of the molecule is Cc1cc(C(F)F)nc2c(Br)cnn12. The minimum Gasteiger partial charge on any atom is -0.226 e. The Morgan fingerprint density at radius 3 is 2.86 bits per heavy atom. The van der Waals surface area contributed by atoms with Crippen molar-refractivity contribution in [2.45, 2.75) is 13.3 Å². The van der Waals surface area contributed by atoms with Gasteiger partial charge in [-0.1, -0.05) is 0 Å². The Morgan fingerprint density at radius 1 is 1.50 bits per heavy atom. The molecule has 2 aromatic heterocycles. The number of rotatable bonds is 1. The highest BCUT2D eigenvalue weighted by Gasteiger charge is 2.13. The number of fused-ring (bicyclic) bond motifs is 1. The third kappa shape index (κ3) is 1.39. The number of halogens is 3. The van der Waals surface area contributed by atoms with E-state index in [9.17, 15) is 8.78 Å². The van der Waals surface area contributed by atoms with Crippen LogP contribution >= 0.6 is 15.9 Å². The van der Waals surface area contributed by atoms with Crippen molar-refractivity contribution in [1.29, 1.82) is 0 Å². The highest BCUT2D eigenvalue weighted by Crippen LogP contribution is 2.22. The van der Waals surface area contributed by atoms with Crippen molar-refractivity contribution >= 4 is 21.6 Å². The normalized spacial score (nSPS) is 11.5. The monoisotopic (exact) mass is 261 g/mol. The molecule has 2 rings (SSSR count). The minimum absolute atomic E-state index is 0.226. The number of nitrogens with zero attached hydrogens (tertiary/aromatic N) is 3. The second kappa shape index (κ2) is 3.27. The molecule has 14 heavy (non-hydrogen) atoms. The van der Waals surface area contributed by atoms with Gasteiger partial charge in [0.25, 0.3) is 6.43 Å². The number of hydrogen-bond donors (Lipinski definition) is 0. The molecule has 0 spiro atoms. The predicted molar refractivity (Wildman–Crippen MR) is 50.4 cm³/mol. The van der Waals surface area contributed by atoms with Crippen molar-refractivity contribution in [2.24, 2.45) is 0 Å². The van der Waals surface area contributed by atoms with Gasteiger partial charge in [0.15, 0.2) is 5.65 Å². The zero-order valence-electron chi connectivity index (χ0n) is 7.21. The largest absolute Gasteiger partial charge is 0.280 e. The molecular weight excluding hydrogens is 256 g/mol. The summed E-state index contributed by atoms with van der Waals surface area (Å²) in [5.41, 5.74) is 0.826. The first-order chi connectivity index (χ1) is 6.59. The Balaban J connectivity index is 2.75. The molecule has 0 atom stereocenters. The molecule has 0 saturated carbocycles. The lowest BCUT2D eigenvalue weighted by atomic mass is 10.3. The van der Waals surface area contributed by atoms with Crippen LogP contribution in [0.1, 0.15) is 17.8 Å². The number of alkyl halides is 2. The quantitative estimate of drug-likeness (QED) is 0.790. The van der Waals surface area contributed by atoms with E-state index < -0.39 is 6.43 Å². The zero-order valence-corrected chi connectivity index (χ0v) is 8.79. The lowest BCUT2D eigenvalue weighted by molar-refractivity contribution is 0.146. The summed E-state index contributed by atoms with van der Waals surface area (Å²) < 4.78 is 26.9. The van der Waals surface area contributed by atoms with Crippen LogP contribution in [0.25, 0.3) is 5.65 Å². The summed E-state index contributed by atoms with van der Waals surface area (Å²) in [6.45, 7) is 1.71. The van der Waals surface area contributed by atoms with Crippen LogP contribution in [-0.4, -0.2) is 14.6 Å². The summed E-state index contributed by atoms with van der Waals surface area (Å²) in [5.74, 6) is 0. The summed E-state index contributed by atoms with van der Waals surface area (Å²) in [7, 11) is 0. The Kier molecular flexibility index (Phi) is 2.22. The third-order valence-electron chi connectivity index (χ3n) is 1.85. The maximum atomic E-state index is 12.4. The highest BCUT2D eigenvalue weighted by molar-refractivity contribution is 9.10. The van der Waals surface area contributed by atoms with E-state index in [0.717, 1.165) is 0 Å².